The van der Waals surface area contributed by atoms with Gasteiger partial charge in [-0.1, -0.05) is 57.5 Å². The van der Waals surface area contributed by atoms with Gasteiger partial charge in [0.05, 0.1) is 6.10 Å². The molecule has 1 saturated carbocycles. The molecular formula is C19H25F3O2S. The molecule has 0 heterocycles. The Morgan fingerprint density at radius 1 is 1.20 bits per heavy atom. The third kappa shape index (κ3) is 6.03. The van der Waals surface area contributed by atoms with E-state index in [9.17, 15) is 18.0 Å². The van der Waals surface area contributed by atoms with Crippen LogP contribution in [0.15, 0.2) is 30.3 Å². The molecule has 0 spiro atoms. The third-order valence-electron chi connectivity index (χ3n) is 4.77. The smallest absolute Gasteiger partial charge is 0.355 e. The Balaban J connectivity index is 2.21. The molecule has 0 aliphatic heterocycles. The van der Waals surface area contributed by atoms with Gasteiger partial charge in [-0.2, -0.15) is 13.2 Å². The fraction of sp³-hybridized carbons (Fsp3) is 0.632. The van der Waals surface area contributed by atoms with E-state index in [0.29, 0.717) is 18.3 Å². The van der Waals surface area contributed by atoms with Crippen LogP contribution in [0.25, 0.3) is 0 Å². The van der Waals surface area contributed by atoms with Crippen LogP contribution in [0.4, 0.5) is 13.2 Å². The second-order valence-electron chi connectivity index (χ2n) is 7.13. The molecule has 0 N–H and O–H groups in total. The van der Waals surface area contributed by atoms with E-state index in [0.717, 1.165) is 12.8 Å². The van der Waals surface area contributed by atoms with E-state index in [1.165, 1.54) is 12.1 Å². The third-order valence-corrected chi connectivity index (χ3v) is 5.58. The molecule has 1 aromatic rings. The molecule has 0 amide bonds. The van der Waals surface area contributed by atoms with Crippen LogP contribution in [0.2, 0.25) is 0 Å². The summed E-state index contributed by atoms with van der Waals surface area (Å²) < 4.78 is 44.8. The Morgan fingerprint density at radius 3 is 2.40 bits per heavy atom. The molecule has 2 rings (SSSR count). The normalized spacial score (nSPS) is 25.8. The van der Waals surface area contributed by atoms with Gasteiger partial charge in [0, 0.05) is 5.56 Å². The minimum atomic E-state index is -4.53. The van der Waals surface area contributed by atoms with Crippen molar-refractivity contribution in [2.45, 2.75) is 57.1 Å². The summed E-state index contributed by atoms with van der Waals surface area (Å²) >= 11 is -0.358. The van der Waals surface area contributed by atoms with E-state index in [1.807, 2.05) is 0 Å². The number of Topliss-reactive ketones (excluding diaryl/α,β-unsaturated/α-hetero) is 1. The second kappa shape index (κ2) is 8.58. The van der Waals surface area contributed by atoms with Crippen LogP contribution >= 0.6 is 11.8 Å². The van der Waals surface area contributed by atoms with E-state index in [4.69, 9.17) is 4.74 Å². The van der Waals surface area contributed by atoms with E-state index in [1.54, 1.807) is 18.2 Å². The SMILES string of the molecule is CC(C)[C@@H]1CC[C@@H](C)C[C@H]1OC(SC(F)(F)F)C(=O)c1ccccc1. The maximum Gasteiger partial charge on any atom is 0.444 e. The fourth-order valence-corrected chi connectivity index (χ4v) is 4.12. The number of ether oxygens (including phenoxy) is 1. The average molecular weight is 374 g/mol. The maximum absolute atomic E-state index is 13.0. The van der Waals surface area contributed by atoms with Gasteiger partial charge in [0.1, 0.15) is 0 Å². The Morgan fingerprint density at radius 2 is 1.84 bits per heavy atom. The lowest BCUT2D eigenvalue weighted by molar-refractivity contribution is -0.0565. The molecule has 1 aromatic carbocycles. The monoisotopic (exact) mass is 374 g/mol. The Labute approximate surface area is 151 Å². The van der Waals surface area contributed by atoms with Gasteiger partial charge in [-0.15, -0.1) is 0 Å². The standard InChI is InChI=1S/C19H25F3O2S/c1-12(2)15-10-9-13(3)11-16(15)24-18(25-19(20,21)22)17(23)14-7-5-4-6-8-14/h4-8,12-13,15-16,18H,9-11H2,1-3H3/t13-,15+,16-,18?/m1/s1. The molecule has 0 bridgehead atoms. The lowest BCUT2D eigenvalue weighted by Gasteiger charge is -2.38. The number of rotatable bonds is 6. The van der Waals surface area contributed by atoms with Gasteiger partial charge in [0.15, 0.2) is 5.44 Å². The van der Waals surface area contributed by atoms with Crippen LogP contribution < -0.4 is 0 Å². The van der Waals surface area contributed by atoms with E-state index in [-0.39, 0.29) is 29.3 Å². The zero-order valence-electron chi connectivity index (χ0n) is 14.8. The zero-order chi connectivity index (χ0) is 18.6. The van der Waals surface area contributed by atoms with E-state index in [2.05, 4.69) is 20.8 Å². The van der Waals surface area contributed by atoms with Gasteiger partial charge < -0.3 is 4.74 Å². The second-order valence-corrected chi connectivity index (χ2v) is 8.25. The van der Waals surface area contributed by atoms with E-state index < -0.39 is 16.7 Å². The summed E-state index contributed by atoms with van der Waals surface area (Å²) in [5, 5.41) is 0. The van der Waals surface area contributed by atoms with Gasteiger partial charge in [-0.05, 0) is 42.4 Å². The Hall–Kier alpha value is -1.01. The van der Waals surface area contributed by atoms with Gasteiger partial charge >= 0.3 is 5.51 Å². The van der Waals surface area contributed by atoms with Crippen LogP contribution in [0.3, 0.4) is 0 Å². The number of alkyl halides is 3. The van der Waals surface area contributed by atoms with Crippen LogP contribution in [0.5, 0.6) is 0 Å². The summed E-state index contributed by atoms with van der Waals surface area (Å²) in [5.41, 5.74) is -5.84. The molecule has 1 aliphatic rings. The summed E-state index contributed by atoms with van der Waals surface area (Å²) in [6.07, 6.45) is 2.34. The number of hydrogen-bond donors (Lipinski definition) is 0. The van der Waals surface area contributed by atoms with Crippen LogP contribution in [0.1, 0.15) is 50.4 Å². The number of carbonyl (C=O) groups is 1. The fourth-order valence-electron chi connectivity index (χ4n) is 3.43. The molecule has 4 atom stereocenters. The number of halogens is 3. The molecule has 1 unspecified atom stereocenters. The molecule has 6 heteroatoms. The largest absolute Gasteiger partial charge is 0.444 e. The van der Waals surface area contributed by atoms with Gasteiger partial charge in [-0.25, -0.2) is 0 Å². The summed E-state index contributed by atoms with van der Waals surface area (Å²) in [7, 11) is 0. The number of ketones is 1. The average Bonchev–Trinajstić information content (AvgIpc) is 2.53. The number of carbonyl (C=O) groups excluding carboxylic acids is 1. The predicted octanol–water partition coefficient (Wildman–Crippen LogP) is 5.93. The molecule has 2 nitrogen and oxygen atoms in total. The minimum absolute atomic E-state index is 0.177. The Bertz CT molecular complexity index is 560. The lowest BCUT2D eigenvalue weighted by Crippen LogP contribution is -2.39. The van der Waals surface area contributed by atoms with E-state index >= 15 is 0 Å². The molecule has 0 radical (unpaired) electrons. The Kier molecular flexibility index (Phi) is 6.97. The predicted molar refractivity (Wildman–Crippen MR) is 94.4 cm³/mol. The molecule has 1 aliphatic carbocycles. The highest BCUT2D eigenvalue weighted by atomic mass is 32.2. The summed E-state index contributed by atoms with van der Waals surface area (Å²) in [6.45, 7) is 6.20. The van der Waals surface area contributed by atoms with Crippen LogP contribution in [-0.2, 0) is 4.74 Å². The zero-order valence-corrected chi connectivity index (χ0v) is 15.6. The topological polar surface area (TPSA) is 26.3 Å². The molecule has 1 fully saturated rings. The summed E-state index contributed by atoms with van der Waals surface area (Å²) in [6, 6.07) is 8.06. The van der Waals surface area contributed by atoms with Crippen molar-refractivity contribution in [3.63, 3.8) is 0 Å². The number of hydrogen-bond acceptors (Lipinski definition) is 3. The van der Waals surface area contributed by atoms with Crippen LogP contribution in [0, 0.1) is 17.8 Å². The van der Waals surface area contributed by atoms with Gasteiger partial charge in [0.2, 0.25) is 5.78 Å². The molecule has 140 valence electrons. The first-order valence-corrected chi connectivity index (χ1v) is 9.54. The van der Waals surface area contributed by atoms with Crippen molar-refractivity contribution >= 4 is 17.5 Å². The van der Waals surface area contributed by atoms with Gasteiger partial charge in [-0.3, -0.25) is 4.79 Å². The number of thioether (sulfide) groups is 1. The quantitative estimate of drug-likeness (QED) is 0.456. The maximum atomic E-state index is 13.0. The molecule has 25 heavy (non-hydrogen) atoms. The van der Waals surface area contributed by atoms with Crippen molar-refractivity contribution in [2.24, 2.45) is 17.8 Å². The first-order valence-electron chi connectivity index (χ1n) is 8.66. The summed E-state index contributed by atoms with van der Waals surface area (Å²) in [4.78, 5) is 12.6. The highest BCUT2D eigenvalue weighted by Crippen LogP contribution is 2.41. The van der Waals surface area contributed by atoms with Crippen molar-refractivity contribution in [3.05, 3.63) is 35.9 Å². The van der Waals surface area contributed by atoms with Crippen molar-refractivity contribution in [1.29, 1.82) is 0 Å². The minimum Gasteiger partial charge on any atom is -0.355 e. The van der Waals surface area contributed by atoms with Gasteiger partial charge in [0.25, 0.3) is 0 Å². The molecular weight excluding hydrogens is 349 g/mol. The highest BCUT2D eigenvalue weighted by molar-refractivity contribution is 8.01. The molecule has 0 saturated heterocycles. The van der Waals surface area contributed by atoms with Crippen molar-refractivity contribution in [2.75, 3.05) is 0 Å². The van der Waals surface area contributed by atoms with Crippen LogP contribution in [-0.4, -0.2) is 22.8 Å². The summed E-state index contributed by atoms with van der Waals surface area (Å²) in [5.74, 6) is 0.254. The number of benzene rings is 1. The molecule has 0 aromatic heterocycles. The van der Waals surface area contributed by atoms with Crippen molar-refractivity contribution in [1.82, 2.24) is 0 Å². The first kappa shape index (κ1) is 20.3. The first-order chi connectivity index (χ1) is 11.7. The van der Waals surface area contributed by atoms with Crippen molar-refractivity contribution < 1.29 is 22.7 Å². The lowest BCUT2D eigenvalue weighted by atomic mass is 9.75. The highest BCUT2D eigenvalue weighted by Gasteiger charge is 2.41. The van der Waals surface area contributed by atoms with Crippen molar-refractivity contribution in [3.8, 4) is 0 Å².